The molecule has 1 unspecified atom stereocenters. The summed E-state index contributed by atoms with van der Waals surface area (Å²) in [5.41, 5.74) is 0.770. The summed E-state index contributed by atoms with van der Waals surface area (Å²) in [5.74, 6) is -0.445. The molecule has 0 aromatic heterocycles. The minimum atomic E-state index is -0.564. The molecule has 2 aromatic carbocycles. The number of rotatable bonds is 5. The van der Waals surface area contributed by atoms with Crippen molar-refractivity contribution in [3.63, 3.8) is 0 Å². The Morgan fingerprint density at radius 2 is 1.75 bits per heavy atom. The van der Waals surface area contributed by atoms with Crippen molar-refractivity contribution in [3.8, 4) is 5.75 Å². The van der Waals surface area contributed by atoms with Crippen LogP contribution in [-0.4, -0.2) is 13.7 Å². The van der Waals surface area contributed by atoms with Crippen molar-refractivity contribution in [1.82, 2.24) is 5.32 Å². The largest absolute Gasteiger partial charge is 0.494 e. The smallest absolute Gasteiger partial charge is 0.131 e. The summed E-state index contributed by atoms with van der Waals surface area (Å²) in [6.45, 7) is 2.43. The van der Waals surface area contributed by atoms with E-state index in [1.807, 2.05) is 25.1 Å². The van der Waals surface area contributed by atoms with E-state index < -0.39 is 17.7 Å². The van der Waals surface area contributed by atoms with E-state index in [0.717, 1.165) is 5.56 Å². The molecule has 0 aliphatic rings. The molecule has 0 saturated heterocycles. The Kier molecular flexibility index (Phi) is 4.69. The molecule has 0 aliphatic heterocycles. The summed E-state index contributed by atoms with van der Waals surface area (Å²) < 4.78 is 33.2. The van der Waals surface area contributed by atoms with Crippen molar-refractivity contribution in [2.24, 2.45) is 0 Å². The van der Waals surface area contributed by atoms with Gasteiger partial charge in [0, 0.05) is 5.56 Å². The highest BCUT2D eigenvalue weighted by molar-refractivity contribution is 5.37. The quantitative estimate of drug-likeness (QED) is 0.900. The summed E-state index contributed by atoms with van der Waals surface area (Å²) in [7, 11) is 1.67. The predicted octanol–water partition coefficient (Wildman–Crippen LogP) is 3.67. The predicted molar refractivity (Wildman–Crippen MR) is 74.9 cm³/mol. The maximum absolute atomic E-state index is 13.9. The van der Waals surface area contributed by atoms with E-state index in [2.05, 4.69) is 5.32 Å². The van der Waals surface area contributed by atoms with Gasteiger partial charge in [-0.05, 0) is 43.8 Å². The fourth-order valence-corrected chi connectivity index (χ4v) is 2.21. The summed E-state index contributed by atoms with van der Waals surface area (Å²) >= 11 is 0. The monoisotopic (exact) mass is 277 g/mol. The van der Waals surface area contributed by atoms with Gasteiger partial charge in [0.15, 0.2) is 0 Å². The molecule has 2 nitrogen and oxygen atoms in total. The van der Waals surface area contributed by atoms with E-state index in [9.17, 15) is 8.78 Å². The fourth-order valence-electron chi connectivity index (χ4n) is 2.21. The molecule has 2 rings (SSSR count). The van der Waals surface area contributed by atoms with Crippen LogP contribution in [0.1, 0.15) is 24.1 Å². The first-order valence-electron chi connectivity index (χ1n) is 6.51. The average Bonchev–Trinajstić information content (AvgIpc) is 2.44. The van der Waals surface area contributed by atoms with E-state index in [-0.39, 0.29) is 5.56 Å². The highest BCUT2D eigenvalue weighted by Gasteiger charge is 2.20. The second kappa shape index (κ2) is 6.48. The maximum Gasteiger partial charge on any atom is 0.131 e. The third-order valence-corrected chi connectivity index (χ3v) is 3.08. The van der Waals surface area contributed by atoms with E-state index >= 15 is 0 Å². The number of nitrogens with one attached hydrogen (secondary N) is 1. The van der Waals surface area contributed by atoms with Gasteiger partial charge in [-0.15, -0.1) is 0 Å². The zero-order chi connectivity index (χ0) is 14.5. The molecule has 4 heteroatoms. The molecule has 0 amide bonds. The Balaban J connectivity index is 2.44. The molecule has 0 saturated carbocycles. The van der Waals surface area contributed by atoms with E-state index in [4.69, 9.17) is 4.74 Å². The standard InChI is InChI=1S/C16H17F2NO/c1-3-20-12-7-4-6-11(10-12)16(19-2)15-13(17)8-5-9-14(15)18/h4-10,16,19H,3H2,1-2H3. The molecular weight excluding hydrogens is 260 g/mol. The minimum absolute atomic E-state index is 0.0173. The molecule has 1 atom stereocenters. The lowest BCUT2D eigenvalue weighted by molar-refractivity contribution is 0.339. The Hall–Kier alpha value is -1.94. The number of halogens is 2. The third kappa shape index (κ3) is 2.96. The van der Waals surface area contributed by atoms with Gasteiger partial charge in [0.25, 0.3) is 0 Å². The molecule has 0 aliphatic carbocycles. The molecule has 0 heterocycles. The van der Waals surface area contributed by atoms with Gasteiger partial charge < -0.3 is 10.1 Å². The lowest BCUT2D eigenvalue weighted by Crippen LogP contribution is -2.20. The lowest BCUT2D eigenvalue weighted by Gasteiger charge is -2.19. The van der Waals surface area contributed by atoms with Crippen LogP contribution in [-0.2, 0) is 0 Å². The SMILES string of the molecule is CCOc1cccc(C(NC)c2c(F)cccc2F)c1. The van der Waals surface area contributed by atoms with Crippen molar-refractivity contribution in [3.05, 3.63) is 65.2 Å². The van der Waals surface area contributed by atoms with Crippen LogP contribution in [0.3, 0.4) is 0 Å². The zero-order valence-electron chi connectivity index (χ0n) is 11.5. The maximum atomic E-state index is 13.9. The molecular formula is C16H17F2NO. The van der Waals surface area contributed by atoms with Gasteiger partial charge in [-0.1, -0.05) is 18.2 Å². The Morgan fingerprint density at radius 1 is 1.10 bits per heavy atom. The van der Waals surface area contributed by atoms with Gasteiger partial charge in [0.1, 0.15) is 17.4 Å². The van der Waals surface area contributed by atoms with Crippen LogP contribution in [0.5, 0.6) is 5.75 Å². The highest BCUT2D eigenvalue weighted by Crippen LogP contribution is 2.28. The summed E-state index contributed by atoms with van der Waals surface area (Å²) in [4.78, 5) is 0. The van der Waals surface area contributed by atoms with Gasteiger partial charge in [-0.25, -0.2) is 8.78 Å². The molecule has 0 radical (unpaired) electrons. The summed E-state index contributed by atoms with van der Waals surface area (Å²) in [6.07, 6.45) is 0. The topological polar surface area (TPSA) is 21.3 Å². The Bertz CT molecular complexity index is 566. The molecule has 0 fully saturated rings. The summed E-state index contributed by atoms with van der Waals surface area (Å²) in [6, 6.07) is 10.5. The number of benzene rings is 2. The van der Waals surface area contributed by atoms with Crippen molar-refractivity contribution >= 4 is 0 Å². The van der Waals surface area contributed by atoms with Crippen LogP contribution >= 0.6 is 0 Å². The Labute approximate surface area is 117 Å². The van der Waals surface area contributed by atoms with Gasteiger partial charge in [0.05, 0.1) is 12.6 Å². The van der Waals surface area contributed by atoms with Crippen molar-refractivity contribution < 1.29 is 13.5 Å². The van der Waals surface area contributed by atoms with Crippen molar-refractivity contribution in [1.29, 1.82) is 0 Å². The molecule has 0 spiro atoms. The number of ether oxygens (including phenoxy) is 1. The molecule has 1 N–H and O–H groups in total. The van der Waals surface area contributed by atoms with Crippen molar-refractivity contribution in [2.75, 3.05) is 13.7 Å². The van der Waals surface area contributed by atoms with Crippen molar-refractivity contribution in [2.45, 2.75) is 13.0 Å². The zero-order valence-corrected chi connectivity index (χ0v) is 11.5. The Morgan fingerprint density at radius 3 is 2.35 bits per heavy atom. The normalized spacial score (nSPS) is 12.2. The first kappa shape index (κ1) is 14.5. The minimum Gasteiger partial charge on any atom is -0.494 e. The lowest BCUT2D eigenvalue weighted by atomic mass is 9.97. The van der Waals surface area contributed by atoms with Crippen LogP contribution in [0.2, 0.25) is 0 Å². The van der Waals surface area contributed by atoms with Crippen LogP contribution in [0.15, 0.2) is 42.5 Å². The van der Waals surface area contributed by atoms with Gasteiger partial charge in [-0.2, -0.15) is 0 Å². The van der Waals surface area contributed by atoms with Crippen LogP contribution in [0.25, 0.3) is 0 Å². The number of hydrogen-bond donors (Lipinski definition) is 1. The molecule has 20 heavy (non-hydrogen) atoms. The molecule has 0 bridgehead atoms. The number of hydrogen-bond acceptors (Lipinski definition) is 2. The third-order valence-electron chi connectivity index (χ3n) is 3.08. The average molecular weight is 277 g/mol. The van der Waals surface area contributed by atoms with Gasteiger partial charge in [0.2, 0.25) is 0 Å². The van der Waals surface area contributed by atoms with Gasteiger partial charge in [-0.3, -0.25) is 0 Å². The second-order valence-electron chi connectivity index (χ2n) is 4.36. The van der Waals surface area contributed by atoms with Crippen LogP contribution in [0, 0.1) is 11.6 Å². The van der Waals surface area contributed by atoms with E-state index in [1.165, 1.54) is 18.2 Å². The molecule has 106 valence electrons. The van der Waals surface area contributed by atoms with Gasteiger partial charge >= 0.3 is 0 Å². The molecule has 2 aromatic rings. The highest BCUT2D eigenvalue weighted by atomic mass is 19.1. The second-order valence-corrected chi connectivity index (χ2v) is 4.36. The first-order valence-corrected chi connectivity index (χ1v) is 6.51. The van der Waals surface area contributed by atoms with E-state index in [1.54, 1.807) is 13.1 Å². The van der Waals surface area contributed by atoms with Crippen LogP contribution in [0.4, 0.5) is 8.78 Å². The fraction of sp³-hybridized carbons (Fsp3) is 0.250. The van der Waals surface area contributed by atoms with E-state index in [0.29, 0.717) is 12.4 Å². The first-order chi connectivity index (χ1) is 9.67. The summed E-state index contributed by atoms with van der Waals surface area (Å²) in [5, 5.41) is 2.95. The van der Waals surface area contributed by atoms with Crippen LogP contribution < -0.4 is 10.1 Å².